The summed E-state index contributed by atoms with van der Waals surface area (Å²) >= 11 is 0. The Morgan fingerprint density at radius 3 is 1.82 bits per heavy atom. The van der Waals surface area contributed by atoms with E-state index in [-0.39, 0.29) is 5.75 Å². The van der Waals surface area contributed by atoms with Crippen molar-refractivity contribution in [2.45, 2.75) is 44.9 Å². The largest absolute Gasteiger partial charge is 0.573 e. The second-order valence-electron chi connectivity index (χ2n) is 7.23. The van der Waals surface area contributed by atoms with Gasteiger partial charge in [0.15, 0.2) is 0 Å². The van der Waals surface area contributed by atoms with E-state index in [4.69, 9.17) is 0 Å². The first-order valence-electron chi connectivity index (χ1n) is 9.41. The monoisotopic (exact) mass is 388 g/mol. The summed E-state index contributed by atoms with van der Waals surface area (Å²) in [5.74, 6) is 1.24. The van der Waals surface area contributed by atoms with Gasteiger partial charge in [0.2, 0.25) is 0 Å². The molecular formula is C22H23F3N2O. The number of rotatable bonds is 5. The Balaban J connectivity index is 1.52. The zero-order chi connectivity index (χ0) is 20.0. The lowest BCUT2D eigenvalue weighted by molar-refractivity contribution is -0.274. The number of halogens is 3. The van der Waals surface area contributed by atoms with E-state index in [0.29, 0.717) is 11.5 Å². The van der Waals surface area contributed by atoms with Crippen molar-refractivity contribution in [1.29, 1.82) is 0 Å². The molecule has 1 aliphatic carbocycles. The minimum absolute atomic E-state index is 0.263. The van der Waals surface area contributed by atoms with Crippen molar-refractivity contribution in [3.8, 4) is 5.75 Å². The zero-order valence-electron chi connectivity index (χ0n) is 15.7. The summed E-state index contributed by atoms with van der Waals surface area (Å²) in [4.78, 5) is 0. The van der Waals surface area contributed by atoms with Gasteiger partial charge in [0.25, 0.3) is 0 Å². The van der Waals surface area contributed by atoms with Crippen LogP contribution in [0.25, 0.3) is 0 Å². The Bertz CT molecular complexity index is 803. The van der Waals surface area contributed by atoms with Crippen molar-refractivity contribution < 1.29 is 17.9 Å². The third-order valence-corrected chi connectivity index (χ3v) is 5.02. The fraction of sp³-hybridized carbons (Fsp3) is 0.364. The van der Waals surface area contributed by atoms with Gasteiger partial charge in [-0.15, -0.1) is 13.2 Å². The van der Waals surface area contributed by atoms with Crippen molar-refractivity contribution >= 4 is 12.4 Å². The molecule has 0 heterocycles. The van der Waals surface area contributed by atoms with Gasteiger partial charge >= 0.3 is 6.36 Å². The topological polar surface area (TPSA) is 34.0 Å². The van der Waals surface area contributed by atoms with Gasteiger partial charge in [-0.1, -0.05) is 44.0 Å². The van der Waals surface area contributed by atoms with Gasteiger partial charge in [0.05, 0.1) is 12.4 Å². The molecule has 0 aromatic heterocycles. The maximum Gasteiger partial charge on any atom is 0.573 e. The van der Waals surface area contributed by atoms with Gasteiger partial charge in [0.1, 0.15) is 5.75 Å². The van der Waals surface area contributed by atoms with Crippen LogP contribution in [0.5, 0.6) is 5.75 Å². The maximum atomic E-state index is 12.1. The van der Waals surface area contributed by atoms with Crippen molar-refractivity contribution in [3.63, 3.8) is 0 Å². The van der Waals surface area contributed by atoms with Crippen LogP contribution in [0.3, 0.4) is 0 Å². The summed E-state index contributed by atoms with van der Waals surface area (Å²) in [7, 11) is 0. The van der Waals surface area contributed by atoms with Gasteiger partial charge < -0.3 is 4.74 Å². The predicted molar refractivity (Wildman–Crippen MR) is 105 cm³/mol. The van der Waals surface area contributed by atoms with Crippen LogP contribution in [-0.2, 0) is 0 Å². The Morgan fingerprint density at radius 1 is 0.821 bits per heavy atom. The number of nitrogens with zero attached hydrogens (tertiary/aromatic N) is 2. The summed E-state index contributed by atoms with van der Waals surface area (Å²) < 4.78 is 40.2. The highest BCUT2D eigenvalue weighted by Gasteiger charge is 2.30. The molecular weight excluding hydrogens is 365 g/mol. The molecule has 0 aliphatic heterocycles. The molecule has 0 spiro atoms. The fourth-order valence-corrected chi connectivity index (χ4v) is 3.40. The number of alkyl halides is 3. The van der Waals surface area contributed by atoms with Crippen LogP contribution >= 0.6 is 0 Å². The molecule has 1 fully saturated rings. The summed E-state index contributed by atoms with van der Waals surface area (Å²) in [6.45, 7) is 2.32. The summed E-state index contributed by atoms with van der Waals surface area (Å²) in [6.07, 6.45) is 3.55. The average molecular weight is 388 g/mol. The van der Waals surface area contributed by atoms with Crippen molar-refractivity contribution in [2.24, 2.45) is 16.1 Å². The highest BCUT2D eigenvalue weighted by Crippen LogP contribution is 2.35. The lowest BCUT2D eigenvalue weighted by Gasteiger charge is -2.26. The van der Waals surface area contributed by atoms with E-state index >= 15 is 0 Å². The van der Waals surface area contributed by atoms with Gasteiger partial charge in [-0.2, -0.15) is 10.2 Å². The first kappa shape index (κ1) is 20.1. The molecule has 0 bridgehead atoms. The lowest BCUT2D eigenvalue weighted by Crippen LogP contribution is -2.16. The molecule has 1 aliphatic rings. The molecule has 0 saturated heterocycles. The van der Waals surface area contributed by atoms with E-state index in [1.54, 1.807) is 6.21 Å². The van der Waals surface area contributed by atoms with Gasteiger partial charge in [-0.05, 0) is 65.6 Å². The fourth-order valence-electron chi connectivity index (χ4n) is 3.40. The summed E-state index contributed by atoms with van der Waals surface area (Å²) in [6, 6.07) is 13.8. The summed E-state index contributed by atoms with van der Waals surface area (Å²) in [5, 5.41) is 7.95. The SMILES string of the molecule is C[C@H]1CC[C@H](c2ccc(C=NN=Cc3ccc(OC(F)(F)F)cc3)cc2)CC1. The number of hydrogen-bond acceptors (Lipinski definition) is 3. The number of hydrogen-bond donors (Lipinski definition) is 0. The number of benzene rings is 2. The standard InChI is InChI=1S/C22H23F3N2O/c1-16-2-8-19(9-3-16)20-10-4-17(5-11-20)14-26-27-15-18-6-12-21(13-7-18)28-22(23,24)25/h4-7,10-16,19H,2-3,8-9H2,1H3/t16-,19-. The molecule has 6 heteroatoms. The van der Waals surface area contributed by atoms with Gasteiger partial charge in [-0.3, -0.25) is 0 Å². The van der Waals surface area contributed by atoms with E-state index in [1.807, 2.05) is 12.1 Å². The molecule has 148 valence electrons. The van der Waals surface area contributed by atoms with E-state index in [9.17, 15) is 13.2 Å². The quantitative estimate of drug-likeness (QED) is 0.435. The second kappa shape index (κ2) is 9.04. The molecule has 0 N–H and O–H groups in total. The Kier molecular flexibility index (Phi) is 6.49. The van der Waals surface area contributed by atoms with E-state index in [1.165, 1.54) is 61.7 Å². The minimum Gasteiger partial charge on any atom is -0.406 e. The lowest BCUT2D eigenvalue weighted by atomic mass is 9.79. The molecule has 3 rings (SSSR count). The Labute approximate surface area is 163 Å². The molecule has 2 aromatic carbocycles. The molecule has 0 radical (unpaired) electrons. The molecule has 2 aromatic rings. The van der Waals surface area contributed by atoms with Gasteiger partial charge in [0, 0.05) is 0 Å². The Morgan fingerprint density at radius 2 is 1.32 bits per heavy atom. The third kappa shape index (κ3) is 6.22. The first-order valence-corrected chi connectivity index (χ1v) is 9.41. The molecule has 0 atom stereocenters. The molecule has 0 unspecified atom stereocenters. The van der Waals surface area contributed by atoms with E-state index < -0.39 is 6.36 Å². The normalized spacial score (nSPS) is 20.7. The average Bonchev–Trinajstić information content (AvgIpc) is 2.66. The third-order valence-electron chi connectivity index (χ3n) is 5.02. The summed E-state index contributed by atoms with van der Waals surface area (Å²) in [5.41, 5.74) is 2.97. The number of ether oxygens (including phenoxy) is 1. The van der Waals surface area contributed by atoms with Crippen molar-refractivity contribution in [3.05, 3.63) is 65.2 Å². The van der Waals surface area contributed by atoms with Crippen LogP contribution in [-0.4, -0.2) is 18.8 Å². The van der Waals surface area contributed by atoms with Crippen molar-refractivity contribution in [2.75, 3.05) is 0 Å². The smallest absolute Gasteiger partial charge is 0.406 e. The van der Waals surface area contributed by atoms with Gasteiger partial charge in [-0.25, -0.2) is 0 Å². The van der Waals surface area contributed by atoms with E-state index in [2.05, 4.69) is 34.0 Å². The molecule has 28 heavy (non-hydrogen) atoms. The Hall–Kier alpha value is -2.63. The van der Waals surface area contributed by atoms with Crippen molar-refractivity contribution in [1.82, 2.24) is 0 Å². The second-order valence-corrected chi connectivity index (χ2v) is 7.23. The molecule has 0 amide bonds. The minimum atomic E-state index is -4.69. The maximum absolute atomic E-state index is 12.1. The first-order chi connectivity index (χ1) is 13.4. The van der Waals surface area contributed by atoms with Crippen LogP contribution < -0.4 is 4.74 Å². The highest BCUT2D eigenvalue weighted by atomic mass is 19.4. The van der Waals surface area contributed by atoms with Crippen LogP contribution in [0.2, 0.25) is 0 Å². The highest BCUT2D eigenvalue weighted by molar-refractivity contribution is 5.82. The molecule has 1 saturated carbocycles. The van der Waals surface area contributed by atoms with E-state index in [0.717, 1.165) is 11.5 Å². The van der Waals surface area contributed by atoms with Crippen LogP contribution in [0.4, 0.5) is 13.2 Å². The van der Waals surface area contributed by atoms with Crippen LogP contribution in [0, 0.1) is 5.92 Å². The van der Waals surface area contributed by atoms with Crippen LogP contribution in [0.1, 0.15) is 55.2 Å². The van der Waals surface area contributed by atoms with Crippen LogP contribution in [0.15, 0.2) is 58.7 Å². The predicted octanol–water partition coefficient (Wildman–Crippen LogP) is 6.33. The zero-order valence-corrected chi connectivity index (χ0v) is 15.7. The molecule has 3 nitrogen and oxygen atoms in total.